The molecule has 2 aromatic carbocycles. The van der Waals surface area contributed by atoms with Crippen molar-refractivity contribution in [1.29, 1.82) is 0 Å². The molecule has 10 heteroatoms. The second-order valence-corrected chi connectivity index (χ2v) is 5.72. The lowest BCUT2D eigenvalue weighted by atomic mass is 10.1. The zero-order valence-corrected chi connectivity index (χ0v) is 14.9. The molecule has 146 valence electrons. The van der Waals surface area contributed by atoms with Crippen LogP contribution in [-0.4, -0.2) is 34.4 Å². The van der Waals surface area contributed by atoms with Crippen LogP contribution in [0.15, 0.2) is 48.5 Å². The smallest absolute Gasteiger partial charge is 0.328 e. The molecule has 0 aliphatic rings. The van der Waals surface area contributed by atoms with E-state index in [9.17, 15) is 29.8 Å². The second-order valence-electron chi connectivity index (χ2n) is 5.72. The molecule has 0 aliphatic heterocycles. The number of nitro benzene ring substituents is 2. The van der Waals surface area contributed by atoms with Crippen molar-refractivity contribution >= 4 is 23.3 Å². The summed E-state index contributed by atoms with van der Waals surface area (Å²) in [5, 5.41) is 24.4. The molecule has 0 heterocycles. The maximum absolute atomic E-state index is 12.5. The summed E-state index contributed by atoms with van der Waals surface area (Å²) in [6, 6.07) is 10.4. The fraction of sp³-hybridized carbons (Fsp3) is 0.222. The van der Waals surface area contributed by atoms with Gasteiger partial charge in [0.05, 0.1) is 28.1 Å². The minimum absolute atomic E-state index is 0.0995. The maximum Gasteiger partial charge on any atom is 0.328 e. The van der Waals surface area contributed by atoms with Gasteiger partial charge >= 0.3 is 5.97 Å². The Labute approximate surface area is 159 Å². The number of ether oxygens (including phenoxy) is 1. The van der Waals surface area contributed by atoms with Crippen molar-refractivity contribution in [3.63, 3.8) is 0 Å². The van der Waals surface area contributed by atoms with Gasteiger partial charge in [-0.15, -0.1) is 0 Å². The number of nitro groups is 2. The summed E-state index contributed by atoms with van der Waals surface area (Å²) in [6.45, 7) is 1.71. The molecule has 0 saturated heterocycles. The van der Waals surface area contributed by atoms with Gasteiger partial charge in [0.1, 0.15) is 6.04 Å². The van der Waals surface area contributed by atoms with E-state index >= 15 is 0 Å². The van der Waals surface area contributed by atoms with Gasteiger partial charge in [-0.25, -0.2) is 4.79 Å². The highest BCUT2D eigenvalue weighted by molar-refractivity contribution is 5.98. The van der Waals surface area contributed by atoms with Crippen molar-refractivity contribution in [2.24, 2.45) is 0 Å². The number of benzene rings is 2. The monoisotopic (exact) mass is 387 g/mol. The number of hydrogen-bond donors (Lipinski definition) is 1. The van der Waals surface area contributed by atoms with Crippen molar-refractivity contribution in [3.05, 3.63) is 79.9 Å². The Morgan fingerprint density at radius 3 is 2.11 bits per heavy atom. The van der Waals surface area contributed by atoms with E-state index in [1.807, 2.05) is 0 Å². The number of carbonyl (C=O) groups excluding carboxylic acids is 2. The normalized spacial score (nSPS) is 11.3. The quantitative estimate of drug-likeness (QED) is 0.416. The van der Waals surface area contributed by atoms with Gasteiger partial charge in [-0.1, -0.05) is 30.3 Å². The third kappa shape index (κ3) is 5.34. The zero-order valence-electron chi connectivity index (χ0n) is 14.9. The first-order valence-electron chi connectivity index (χ1n) is 8.27. The molecule has 0 fully saturated rings. The largest absolute Gasteiger partial charge is 0.464 e. The van der Waals surface area contributed by atoms with Crippen molar-refractivity contribution in [2.45, 2.75) is 19.4 Å². The van der Waals surface area contributed by atoms with Gasteiger partial charge in [-0.2, -0.15) is 0 Å². The van der Waals surface area contributed by atoms with Gasteiger partial charge in [-0.3, -0.25) is 25.0 Å². The molecule has 2 aromatic rings. The van der Waals surface area contributed by atoms with Crippen LogP contribution in [0, 0.1) is 20.2 Å². The van der Waals surface area contributed by atoms with Crippen molar-refractivity contribution in [1.82, 2.24) is 5.32 Å². The summed E-state index contributed by atoms with van der Waals surface area (Å²) in [5.41, 5.74) is -0.751. The van der Waals surface area contributed by atoms with Crippen LogP contribution in [0.2, 0.25) is 0 Å². The van der Waals surface area contributed by atoms with Crippen LogP contribution in [-0.2, 0) is 16.0 Å². The van der Waals surface area contributed by atoms with Crippen molar-refractivity contribution < 1.29 is 24.2 Å². The highest BCUT2D eigenvalue weighted by Crippen LogP contribution is 2.23. The molecule has 0 saturated carbocycles. The summed E-state index contributed by atoms with van der Waals surface area (Å²) in [7, 11) is 0. The first-order valence-corrected chi connectivity index (χ1v) is 8.27. The molecular formula is C18H17N3O7. The average Bonchev–Trinajstić information content (AvgIpc) is 2.67. The van der Waals surface area contributed by atoms with E-state index in [4.69, 9.17) is 4.74 Å². The molecule has 2 rings (SSSR count). The van der Waals surface area contributed by atoms with Crippen LogP contribution < -0.4 is 5.32 Å². The number of rotatable bonds is 8. The number of amides is 1. The fourth-order valence-electron chi connectivity index (χ4n) is 2.46. The number of carbonyl (C=O) groups is 2. The molecule has 10 nitrogen and oxygen atoms in total. The molecular weight excluding hydrogens is 370 g/mol. The lowest BCUT2D eigenvalue weighted by molar-refractivity contribution is -0.394. The van der Waals surface area contributed by atoms with Gasteiger partial charge < -0.3 is 10.1 Å². The lowest BCUT2D eigenvalue weighted by Crippen LogP contribution is -2.43. The molecule has 1 N–H and O–H groups in total. The summed E-state index contributed by atoms with van der Waals surface area (Å²) < 4.78 is 4.97. The lowest BCUT2D eigenvalue weighted by Gasteiger charge is -2.17. The highest BCUT2D eigenvalue weighted by atomic mass is 16.6. The van der Waals surface area contributed by atoms with Crippen LogP contribution in [0.4, 0.5) is 11.4 Å². The Morgan fingerprint density at radius 1 is 1.04 bits per heavy atom. The molecule has 1 atom stereocenters. The minimum atomic E-state index is -1.06. The van der Waals surface area contributed by atoms with E-state index in [-0.39, 0.29) is 18.6 Å². The third-order valence-electron chi connectivity index (χ3n) is 3.75. The SMILES string of the molecule is CCOC(=O)C(Cc1ccccc1)NC(=O)c1cc([N+](=O)[O-])cc([N+](=O)[O-])c1. The summed E-state index contributed by atoms with van der Waals surface area (Å²) in [5.74, 6) is -1.54. The molecule has 1 unspecified atom stereocenters. The second kappa shape index (κ2) is 9.21. The Hall–Kier alpha value is -3.82. The number of esters is 1. The van der Waals surface area contributed by atoms with Crippen LogP contribution in [0.5, 0.6) is 0 Å². The Kier molecular flexibility index (Phi) is 6.74. The highest BCUT2D eigenvalue weighted by Gasteiger charge is 2.25. The predicted molar refractivity (Wildman–Crippen MR) is 97.8 cm³/mol. The van der Waals surface area contributed by atoms with Gasteiger partial charge in [0.2, 0.25) is 0 Å². The molecule has 1 amide bonds. The number of non-ortho nitro benzene ring substituents is 2. The molecule has 0 radical (unpaired) electrons. The Bertz CT molecular complexity index is 867. The molecule has 0 spiro atoms. The third-order valence-corrected chi connectivity index (χ3v) is 3.75. The number of hydrogen-bond acceptors (Lipinski definition) is 7. The summed E-state index contributed by atoms with van der Waals surface area (Å²) in [4.78, 5) is 45.0. The molecule has 0 aliphatic carbocycles. The van der Waals surface area contributed by atoms with E-state index in [2.05, 4.69) is 5.32 Å². The molecule has 0 aromatic heterocycles. The molecule has 0 bridgehead atoms. The van der Waals surface area contributed by atoms with Crippen LogP contribution >= 0.6 is 0 Å². The first kappa shape index (κ1) is 20.5. The van der Waals surface area contributed by atoms with E-state index in [1.165, 1.54) is 0 Å². The van der Waals surface area contributed by atoms with Gasteiger partial charge in [0, 0.05) is 18.6 Å². The standard InChI is InChI=1S/C18H17N3O7/c1-2-28-18(23)16(8-12-6-4-3-5-7-12)19-17(22)13-9-14(20(24)25)11-15(10-13)21(26)27/h3-7,9-11,16H,2,8H2,1H3,(H,19,22). The average molecular weight is 387 g/mol. The van der Waals surface area contributed by atoms with Gasteiger partial charge in [-0.05, 0) is 12.5 Å². The summed E-state index contributed by atoms with van der Waals surface area (Å²) >= 11 is 0. The van der Waals surface area contributed by atoms with E-state index < -0.39 is 39.1 Å². The Morgan fingerprint density at radius 2 is 1.61 bits per heavy atom. The summed E-state index contributed by atoms with van der Waals surface area (Å²) in [6.07, 6.45) is 0.127. The fourth-order valence-corrected chi connectivity index (χ4v) is 2.46. The van der Waals surface area contributed by atoms with Gasteiger partial charge in [0.25, 0.3) is 17.3 Å². The van der Waals surface area contributed by atoms with Crippen LogP contribution in [0.3, 0.4) is 0 Å². The van der Waals surface area contributed by atoms with Crippen LogP contribution in [0.1, 0.15) is 22.8 Å². The van der Waals surface area contributed by atoms with E-state index in [0.717, 1.165) is 23.8 Å². The van der Waals surface area contributed by atoms with Crippen molar-refractivity contribution in [2.75, 3.05) is 6.61 Å². The van der Waals surface area contributed by atoms with Crippen molar-refractivity contribution in [3.8, 4) is 0 Å². The number of nitrogens with one attached hydrogen (secondary N) is 1. The maximum atomic E-state index is 12.5. The van der Waals surface area contributed by atoms with Gasteiger partial charge in [0.15, 0.2) is 0 Å². The zero-order chi connectivity index (χ0) is 20.7. The number of nitrogens with zero attached hydrogens (tertiary/aromatic N) is 2. The van der Waals surface area contributed by atoms with E-state index in [0.29, 0.717) is 0 Å². The topological polar surface area (TPSA) is 142 Å². The first-order chi connectivity index (χ1) is 13.3. The minimum Gasteiger partial charge on any atom is -0.464 e. The van der Waals surface area contributed by atoms with Crippen LogP contribution in [0.25, 0.3) is 0 Å². The predicted octanol–water partition coefficient (Wildman–Crippen LogP) is 2.41. The Balaban J connectivity index is 2.30. The molecule has 28 heavy (non-hydrogen) atoms. The van der Waals surface area contributed by atoms with E-state index in [1.54, 1.807) is 37.3 Å².